The molecule has 0 radical (unpaired) electrons. The van der Waals surface area contributed by atoms with Crippen molar-refractivity contribution < 1.29 is 19.0 Å². The highest BCUT2D eigenvalue weighted by Gasteiger charge is 2.32. The average Bonchev–Trinajstić information content (AvgIpc) is 2.44. The molecular formula is C17H21NO4. The first-order chi connectivity index (χ1) is 10.3. The van der Waals surface area contributed by atoms with Crippen molar-refractivity contribution in [3.63, 3.8) is 0 Å². The Morgan fingerprint density at radius 3 is 2.64 bits per heavy atom. The molecule has 0 unspecified atom stereocenters. The summed E-state index contributed by atoms with van der Waals surface area (Å²) >= 11 is 0. The van der Waals surface area contributed by atoms with E-state index in [4.69, 9.17) is 14.2 Å². The lowest BCUT2D eigenvalue weighted by Crippen LogP contribution is -2.38. The first-order valence-electron chi connectivity index (χ1n) is 7.14. The summed E-state index contributed by atoms with van der Waals surface area (Å²) in [5, 5.41) is 0. The average molecular weight is 303 g/mol. The number of rotatable bonds is 3. The maximum absolute atomic E-state index is 12.6. The van der Waals surface area contributed by atoms with E-state index in [0.717, 1.165) is 0 Å². The lowest BCUT2D eigenvalue weighted by molar-refractivity contribution is 0.0585. The number of hydrogen-bond acceptors (Lipinski definition) is 4. The molecule has 1 aliphatic rings. The SMILES string of the molecule is C=C(OCC)C1=COc2ccccc2N1C(=O)OC(C)(C)C. The molecular weight excluding hydrogens is 282 g/mol. The van der Waals surface area contributed by atoms with Gasteiger partial charge >= 0.3 is 6.09 Å². The Kier molecular flexibility index (Phi) is 4.45. The fourth-order valence-corrected chi connectivity index (χ4v) is 1.99. The molecule has 5 heteroatoms. The highest BCUT2D eigenvalue weighted by atomic mass is 16.6. The summed E-state index contributed by atoms with van der Waals surface area (Å²) in [6.45, 7) is 11.6. The number of nitrogens with zero attached hydrogens (tertiary/aromatic N) is 1. The smallest absolute Gasteiger partial charge is 0.419 e. The van der Waals surface area contributed by atoms with Gasteiger partial charge in [-0.15, -0.1) is 0 Å². The van der Waals surface area contributed by atoms with E-state index in [1.807, 2.05) is 39.8 Å². The highest BCUT2D eigenvalue weighted by molar-refractivity contribution is 5.95. The maximum atomic E-state index is 12.6. The Morgan fingerprint density at radius 2 is 2.00 bits per heavy atom. The molecule has 0 N–H and O–H groups in total. The monoisotopic (exact) mass is 303 g/mol. The number of carbonyl (C=O) groups excluding carboxylic acids is 1. The van der Waals surface area contributed by atoms with Crippen LogP contribution in [0.5, 0.6) is 5.75 Å². The number of fused-ring (bicyclic) bond motifs is 1. The summed E-state index contributed by atoms with van der Waals surface area (Å²) < 4.78 is 16.5. The van der Waals surface area contributed by atoms with Crippen molar-refractivity contribution in [2.24, 2.45) is 0 Å². The van der Waals surface area contributed by atoms with E-state index < -0.39 is 11.7 Å². The minimum absolute atomic E-state index is 0.350. The van der Waals surface area contributed by atoms with Gasteiger partial charge in [-0.3, -0.25) is 0 Å². The zero-order valence-electron chi connectivity index (χ0n) is 13.4. The van der Waals surface area contributed by atoms with Crippen LogP contribution in [0.4, 0.5) is 10.5 Å². The number of benzene rings is 1. The summed E-state index contributed by atoms with van der Waals surface area (Å²) in [7, 11) is 0. The van der Waals surface area contributed by atoms with Crippen molar-refractivity contribution in [2.75, 3.05) is 11.5 Å². The third kappa shape index (κ3) is 3.42. The van der Waals surface area contributed by atoms with E-state index in [2.05, 4.69) is 6.58 Å². The van der Waals surface area contributed by atoms with Gasteiger partial charge in [-0.1, -0.05) is 18.7 Å². The molecule has 0 atom stereocenters. The largest absolute Gasteiger partial charge is 0.492 e. The first-order valence-corrected chi connectivity index (χ1v) is 7.14. The molecule has 118 valence electrons. The van der Waals surface area contributed by atoms with Gasteiger partial charge < -0.3 is 14.2 Å². The van der Waals surface area contributed by atoms with Crippen LogP contribution < -0.4 is 9.64 Å². The highest BCUT2D eigenvalue weighted by Crippen LogP contribution is 2.37. The summed E-state index contributed by atoms with van der Waals surface area (Å²) in [6.07, 6.45) is 0.944. The Labute approximate surface area is 130 Å². The van der Waals surface area contributed by atoms with Crippen LogP contribution in [0.25, 0.3) is 0 Å². The minimum Gasteiger partial charge on any atom is -0.492 e. The zero-order chi connectivity index (χ0) is 16.3. The summed E-state index contributed by atoms with van der Waals surface area (Å²) in [5.74, 6) is 0.921. The topological polar surface area (TPSA) is 48.0 Å². The van der Waals surface area contributed by atoms with Crippen LogP contribution in [0.3, 0.4) is 0 Å². The molecule has 2 rings (SSSR count). The number of anilines is 1. The van der Waals surface area contributed by atoms with Crippen molar-refractivity contribution in [2.45, 2.75) is 33.3 Å². The fraction of sp³-hybridized carbons (Fsp3) is 0.353. The van der Waals surface area contributed by atoms with Crippen molar-refractivity contribution in [1.29, 1.82) is 0 Å². The van der Waals surface area contributed by atoms with Crippen molar-refractivity contribution in [1.82, 2.24) is 0 Å². The van der Waals surface area contributed by atoms with Gasteiger partial charge in [-0.2, -0.15) is 0 Å². The molecule has 5 nitrogen and oxygen atoms in total. The number of para-hydroxylation sites is 2. The van der Waals surface area contributed by atoms with Gasteiger partial charge in [0, 0.05) is 0 Å². The van der Waals surface area contributed by atoms with Crippen LogP contribution in [0, 0.1) is 0 Å². The van der Waals surface area contributed by atoms with Gasteiger partial charge in [0.15, 0.2) is 5.75 Å². The predicted octanol–water partition coefficient (Wildman–Crippen LogP) is 4.21. The number of amides is 1. The molecule has 0 aromatic heterocycles. The van der Waals surface area contributed by atoms with Crippen LogP contribution in [0.15, 0.2) is 48.6 Å². The van der Waals surface area contributed by atoms with E-state index in [1.54, 1.807) is 12.1 Å². The predicted molar refractivity (Wildman–Crippen MR) is 84.6 cm³/mol. The standard InChI is InChI=1S/C17H21NO4/c1-6-20-12(2)14-11-21-15-10-8-7-9-13(15)18(14)16(19)22-17(3,4)5/h7-11H,2,6H2,1,3-5H3. The van der Waals surface area contributed by atoms with Gasteiger partial charge in [-0.05, 0) is 39.8 Å². The van der Waals surface area contributed by atoms with Gasteiger partial charge in [-0.25, -0.2) is 9.69 Å². The molecule has 1 aromatic rings. The summed E-state index contributed by atoms with van der Waals surface area (Å²) in [5.41, 5.74) is 0.410. The molecule has 22 heavy (non-hydrogen) atoms. The first kappa shape index (κ1) is 15.9. The van der Waals surface area contributed by atoms with Gasteiger partial charge in [0.25, 0.3) is 0 Å². The van der Waals surface area contributed by atoms with E-state index in [-0.39, 0.29) is 0 Å². The quantitative estimate of drug-likeness (QED) is 0.785. The third-order valence-electron chi connectivity index (χ3n) is 2.82. The molecule has 0 bridgehead atoms. The Morgan fingerprint density at radius 1 is 1.32 bits per heavy atom. The second-order valence-corrected chi connectivity index (χ2v) is 5.76. The summed E-state index contributed by atoms with van der Waals surface area (Å²) in [6, 6.07) is 7.23. The molecule has 1 aromatic carbocycles. The number of hydrogen-bond donors (Lipinski definition) is 0. The Bertz CT molecular complexity index is 613. The second kappa shape index (κ2) is 6.13. The third-order valence-corrected chi connectivity index (χ3v) is 2.82. The number of carbonyl (C=O) groups is 1. The molecule has 1 heterocycles. The van der Waals surface area contributed by atoms with E-state index >= 15 is 0 Å². The molecule has 0 spiro atoms. The lowest BCUT2D eigenvalue weighted by Gasteiger charge is -2.32. The van der Waals surface area contributed by atoms with Crippen molar-refractivity contribution in [3.8, 4) is 5.75 Å². The summed E-state index contributed by atoms with van der Waals surface area (Å²) in [4.78, 5) is 14.0. The zero-order valence-corrected chi connectivity index (χ0v) is 13.4. The van der Waals surface area contributed by atoms with E-state index in [9.17, 15) is 4.79 Å². The molecule has 1 aliphatic heterocycles. The van der Waals surface area contributed by atoms with E-state index in [0.29, 0.717) is 29.5 Å². The van der Waals surface area contributed by atoms with Crippen LogP contribution in [0.2, 0.25) is 0 Å². The molecule has 0 aliphatic carbocycles. The van der Waals surface area contributed by atoms with Crippen LogP contribution in [-0.2, 0) is 9.47 Å². The number of ether oxygens (including phenoxy) is 3. The van der Waals surface area contributed by atoms with Crippen molar-refractivity contribution in [3.05, 3.63) is 48.6 Å². The van der Waals surface area contributed by atoms with Crippen LogP contribution >= 0.6 is 0 Å². The Hall–Kier alpha value is -2.43. The van der Waals surface area contributed by atoms with Gasteiger partial charge in [0.2, 0.25) is 0 Å². The van der Waals surface area contributed by atoms with Crippen molar-refractivity contribution >= 4 is 11.8 Å². The van der Waals surface area contributed by atoms with Gasteiger partial charge in [0.1, 0.15) is 23.3 Å². The molecule has 0 saturated heterocycles. The fourth-order valence-electron chi connectivity index (χ4n) is 1.99. The Balaban J connectivity index is 2.40. The van der Waals surface area contributed by atoms with Gasteiger partial charge in [0.05, 0.1) is 12.3 Å². The maximum Gasteiger partial charge on any atom is 0.419 e. The molecule has 1 amide bonds. The van der Waals surface area contributed by atoms with E-state index in [1.165, 1.54) is 11.2 Å². The lowest BCUT2D eigenvalue weighted by atomic mass is 10.2. The minimum atomic E-state index is -0.609. The normalized spacial score (nSPS) is 13.6. The van der Waals surface area contributed by atoms with Crippen LogP contribution in [-0.4, -0.2) is 18.3 Å². The molecule has 0 fully saturated rings. The van der Waals surface area contributed by atoms with Crippen LogP contribution in [0.1, 0.15) is 27.7 Å². The molecule has 0 saturated carbocycles. The second-order valence-electron chi connectivity index (χ2n) is 5.76.